The highest BCUT2D eigenvalue weighted by atomic mass is 32.1. The van der Waals surface area contributed by atoms with Crippen molar-refractivity contribution >= 4 is 17.4 Å². The number of carbonyl (C=O) groups excluding carboxylic acids is 1. The van der Waals surface area contributed by atoms with Crippen LogP contribution in [0.25, 0.3) is 0 Å². The summed E-state index contributed by atoms with van der Waals surface area (Å²) in [6.45, 7) is 7.08. The number of rotatable bonds is 4. The predicted molar refractivity (Wildman–Crippen MR) is 73.5 cm³/mol. The molecule has 0 bridgehead atoms. The van der Waals surface area contributed by atoms with Gasteiger partial charge in [-0.05, 0) is 20.3 Å². The maximum Gasteiger partial charge on any atom is 0.410 e. The largest absolute Gasteiger partial charge is 0.441 e. The summed E-state index contributed by atoms with van der Waals surface area (Å²) in [7, 11) is 1.76. The van der Waals surface area contributed by atoms with Gasteiger partial charge in [-0.3, -0.25) is 0 Å². The Labute approximate surface area is 117 Å². The lowest BCUT2D eigenvalue weighted by molar-refractivity contribution is -0.105. The number of aromatic nitrogens is 1. The second-order valence-electron chi connectivity index (χ2n) is 4.74. The van der Waals surface area contributed by atoms with E-state index in [4.69, 9.17) is 9.47 Å². The number of ether oxygens (including phenoxy) is 2. The third-order valence-electron chi connectivity index (χ3n) is 3.30. The van der Waals surface area contributed by atoms with Crippen molar-refractivity contribution in [2.45, 2.75) is 39.3 Å². The number of hydrogen-bond acceptors (Lipinski definition) is 5. The van der Waals surface area contributed by atoms with Gasteiger partial charge in [-0.2, -0.15) is 0 Å². The molecule has 2 rings (SSSR count). The van der Waals surface area contributed by atoms with Gasteiger partial charge in [0.05, 0.1) is 34.8 Å². The van der Waals surface area contributed by atoms with E-state index in [0.717, 1.165) is 22.0 Å². The van der Waals surface area contributed by atoms with Gasteiger partial charge < -0.3 is 14.4 Å². The summed E-state index contributed by atoms with van der Waals surface area (Å²) in [5.41, 5.74) is 1.00. The fourth-order valence-electron chi connectivity index (χ4n) is 1.85. The zero-order valence-corrected chi connectivity index (χ0v) is 12.6. The van der Waals surface area contributed by atoms with E-state index in [1.807, 2.05) is 13.8 Å². The molecule has 0 N–H and O–H groups in total. The molecule has 19 heavy (non-hydrogen) atoms. The molecule has 1 atom stereocenters. The molecule has 6 heteroatoms. The summed E-state index contributed by atoms with van der Waals surface area (Å²) in [5.74, 6) is 0. The third-order valence-corrected chi connectivity index (χ3v) is 4.77. The Morgan fingerprint density at radius 3 is 2.79 bits per heavy atom. The average Bonchev–Trinajstić information content (AvgIpc) is 2.73. The molecule has 1 amide bonds. The van der Waals surface area contributed by atoms with Gasteiger partial charge in [-0.1, -0.05) is 6.92 Å². The summed E-state index contributed by atoms with van der Waals surface area (Å²) in [4.78, 5) is 19.2. The van der Waals surface area contributed by atoms with Gasteiger partial charge in [0, 0.05) is 7.05 Å². The van der Waals surface area contributed by atoms with Crippen LogP contribution in [0.4, 0.5) is 4.79 Å². The van der Waals surface area contributed by atoms with Gasteiger partial charge >= 0.3 is 6.09 Å². The van der Waals surface area contributed by atoms with E-state index >= 15 is 0 Å². The van der Waals surface area contributed by atoms with E-state index in [9.17, 15) is 4.79 Å². The molecule has 0 radical (unpaired) electrons. The Kier molecular flexibility index (Phi) is 4.42. The molecule has 0 aliphatic carbocycles. The maximum absolute atomic E-state index is 12.0. The molecule has 1 aliphatic heterocycles. The van der Waals surface area contributed by atoms with Crippen LogP contribution in [0, 0.1) is 6.92 Å². The number of carbonyl (C=O) groups is 1. The van der Waals surface area contributed by atoms with Crippen LogP contribution in [-0.2, 0) is 15.9 Å². The molecular formula is C13H20N2O3S. The van der Waals surface area contributed by atoms with Crippen LogP contribution in [0.1, 0.15) is 35.5 Å². The quantitative estimate of drug-likeness (QED) is 0.852. The average molecular weight is 284 g/mol. The van der Waals surface area contributed by atoms with Crippen molar-refractivity contribution in [2.24, 2.45) is 0 Å². The lowest BCUT2D eigenvalue weighted by Crippen LogP contribution is -2.42. The van der Waals surface area contributed by atoms with Crippen molar-refractivity contribution in [1.29, 1.82) is 0 Å². The highest BCUT2D eigenvalue weighted by Gasteiger charge is 2.28. The number of hydrogen-bond donors (Lipinski definition) is 0. The molecule has 1 fully saturated rings. The van der Waals surface area contributed by atoms with Crippen LogP contribution in [0.3, 0.4) is 0 Å². The highest BCUT2D eigenvalue weighted by Crippen LogP contribution is 2.29. The molecular weight excluding hydrogens is 264 g/mol. The van der Waals surface area contributed by atoms with E-state index in [1.54, 1.807) is 23.3 Å². The molecule has 1 aliphatic rings. The van der Waals surface area contributed by atoms with Crippen LogP contribution in [-0.4, -0.2) is 42.3 Å². The molecule has 1 aromatic rings. The minimum absolute atomic E-state index is 0.0219. The number of aryl methyl sites for hydroxylation is 2. The van der Waals surface area contributed by atoms with Crippen molar-refractivity contribution in [1.82, 2.24) is 9.88 Å². The first-order chi connectivity index (χ1) is 9.02. The third kappa shape index (κ3) is 3.06. The van der Waals surface area contributed by atoms with Crippen LogP contribution in [0.5, 0.6) is 0 Å². The van der Waals surface area contributed by atoms with Gasteiger partial charge in [0.25, 0.3) is 0 Å². The monoisotopic (exact) mass is 284 g/mol. The summed E-state index contributed by atoms with van der Waals surface area (Å²) in [5, 5.41) is 1.11. The van der Waals surface area contributed by atoms with Gasteiger partial charge in [0.15, 0.2) is 6.10 Å². The van der Waals surface area contributed by atoms with Crippen molar-refractivity contribution in [3.05, 3.63) is 15.6 Å². The fraction of sp³-hybridized carbons (Fsp3) is 0.692. The van der Waals surface area contributed by atoms with Crippen LogP contribution >= 0.6 is 11.3 Å². The maximum atomic E-state index is 12.0. The van der Waals surface area contributed by atoms with Crippen LogP contribution in [0.15, 0.2) is 0 Å². The number of thiazole rings is 1. The van der Waals surface area contributed by atoms with Crippen LogP contribution in [0.2, 0.25) is 0 Å². The van der Waals surface area contributed by atoms with E-state index in [-0.39, 0.29) is 18.2 Å². The van der Waals surface area contributed by atoms with E-state index < -0.39 is 0 Å². The van der Waals surface area contributed by atoms with E-state index in [1.165, 1.54) is 0 Å². The smallest absolute Gasteiger partial charge is 0.410 e. The van der Waals surface area contributed by atoms with Crippen molar-refractivity contribution < 1.29 is 14.3 Å². The topological polar surface area (TPSA) is 51.7 Å². The van der Waals surface area contributed by atoms with Crippen molar-refractivity contribution in [2.75, 3.05) is 20.3 Å². The summed E-state index contributed by atoms with van der Waals surface area (Å²) in [6.07, 6.45) is 0.536. The predicted octanol–water partition coefficient (Wildman–Crippen LogP) is 2.54. The Bertz CT molecular complexity index is 457. The lowest BCUT2D eigenvalue weighted by Gasteiger charge is -2.30. The summed E-state index contributed by atoms with van der Waals surface area (Å²) < 4.78 is 10.3. The Balaban J connectivity index is 2.02. The number of amides is 1. The molecule has 0 spiro atoms. The first-order valence-electron chi connectivity index (χ1n) is 6.50. The molecule has 1 unspecified atom stereocenters. The normalized spacial score (nSPS) is 16.8. The SMILES string of the molecule is CCc1nc(C)c(C(C)N(C)C(=O)OC2COC2)s1. The minimum atomic E-state index is -0.299. The standard InChI is InChI=1S/C13H20N2O3S/c1-5-11-14-8(2)12(19-11)9(3)15(4)13(16)18-10-6-17-7-10/h9-10H,5-7H2,1-4H3. The summed E-state index contributed by atoms with van der Waals surface area (Å²) in [6, 6.07) is -0.0219. The van der Waals surface area contributed by atoms with Crippen molar-refractivity contribution in [3.8, 4) is 0 Å². The first kappa shape index (κ1) is 14.3. The zero-order chi connectivity index (χ0) is 14.0. The first-order valence-corrected chi connectivity index (χ1v) is 7.32. The number of nitrogens with zero attached hydrogens (tertiary/aromatic N) is 2. The van der Waals surface area contributed by atoms with E-state index in [2.05, 4.69) is 11.9 Å². The van der Waals surface area contributed by atoms with E-state index in [0.29, 0.717) is 13.2 Å². The van der Waals surface area contributed by atoms with Gasteiger partial charge in [0.1, 0.15) is 0 Å². The van der Waals surface area contributed by atoms with Crippen LogP contribution < -0.4 is 0 Å². The summed E-state index contributed by atoms with van der Waals surface area (Å²) >= 11 is 1.67. The molecule has 0 saturated carbocycles. The molecule has 106 valence electrons. The van der Waals surface area contributed by atoms with Crippen molar-refractivity contribution in [3.63, 3.8) is 0 Å². The van der Waals surface area contributed by atoms with Gasteiger partial charge in [-0.25, -0.2) is 9.78 Å². The molecule has 2 heterocycles. The lowest BCUT2D eigenvalue weighted by atomic mass is 10.2. The second-order valence-corrected chi connectivity index (χ2v) is 5.86. The Morgan fingerprint density at radius 1 is 1.63 bits per heavy atom. The second kappa shape index (κ2) is 5.88. The van der Waals surface area contributed by atoms with Gasteiger partial charge in [-0.15, -0.1) is 11.3 Å². The fourth-order valence-corrected chi connectivity index (χ4v) is 2.95. The highest BCUT2D eigenvalue weighted by molar-refractivity contribution is 7.11. The molecule has 1 saturated heterocycles. The van der Waals surface area contributed by atoms with Gasteiger partial charge in [0.2, 0.25) is 0 Å². The molecule has 5 nitrogen and oxygen atoms in total. The Hall–Kier alpha value is -1.14. The molecule has 0 aromatic carbocycles. The minimum Gasteiger partial charge on any atom is -0.441 e. The molecule has 1 aromatic heterocycles. The zero-order valence-electron chi connectivity index (χ0n) is 11.8. The Morgan fingerprint density at radius 2 is 2.32 bits per heavy atom.